The molecule has 1 atom stereocenters. The second kappa shape index (κ2) is 6.55. The Morgan fingerprint density at radius 1 is 1.35 bits per heavy atom. The Balaban J connectivity index is 1.60. The summed E-state index contributed by atoms with van der Waals surface area (Å²) < 4.78 is 13.1. The van der Waals surface area contributed by atoms with Gasteiger partial charge in [-0.05, 0) is 26.0 Å². The van der Waals surface area contributed by atoms with Crippen molar-refractivity contribution < 1.29 is 9.47 Å². The zero-order chi connectivity index (χ0) is 18.1. The fourth-order valence-electron chi connectivity index (χ4n) is 2.78. The molecule has 8 nitrogen and oxygen atoms in total. The number of methoxy groups -OCH3 is 1. The Hall–Kier alpha value is -3.29. The van der Waals surface area contributed by atoms with Crippen LogP contribution in [0, 0.1) is 6.92 Å². The van der Waals surface area contributed by atoms with Gasteiger partial charge in [-0.3, -0.25) is 0 Å². The van der Waals surface area contributed by atoms with Gasteiger partial charge in [-0.1, -0.05) is 0 Å². The zero-order valence-electron chi connectivity index (χ0n) is 14.9. The molecule has 3 aromatic rings. The summed E-state index contributed by atoms with van der Waals surface area (Å²) in [7, 11) is 1.64. The van der Waals surface area contributed by atoms with E-state index in [1.54, 1.807) is 19.6 Å². The van der Waals surface area contributed by atoms with Crippen LogP contribution in [-0.4, -0.2) is 39.3 Å². The Morgan fingerprint density at radius 3 is 3.00 bits per heavy atom. The highest BCUT2D eigenvalue weighted by Gasteiger charge is 2.17. The number of nitrogens with one attached hydrogen (secondary N) is 2. The number of hydrogen-bond acceptors (Lipinski definition) is 7. The van der Waals surface area contributed by atoms with Gasteiger partial charge in [0, 0.05) is 18.0 Å². The van der Waals surface area contributed by atoms with Gasteiger partial charge in [-0.2, -0.15) is 4.98 Å². The Kier molecular flexibility index (Phi) is 4.08. The summed E-state index contributed by atoms with van der Waals surface area (Å²) in [6.45, 7) is 4.60. The smallest absolute Gasteiger partial charge is 0.229 e. The number of aryl methyl sites for hydroxylation is 1. The van der Waals surface area contributed by atoms with Crippen LogP contribution in [0.1, 0.15) is 12.6 Å². The second-order valence-electron chi connectivity index (χ2n) is 6.20. The molecule has 0 saturated carbocycles. The summed E-state index contributed by atoms with van der Waals surface area (Å²) in [4.78, 5) is 13.1. The van der Waals surface area contributed by atoms with E-state index in [-0.39, 0.29) is 6.04 Å². The maximum absolute atomic E-state index is 5.60. The fourth-order valence-corrected chi connectivity index (χ4v) is 2.78. The first kappa shape index (κ1) is 16.2. The Morgan fingerprint density at radius 2 is 2.23 bits per heavy atom. The van der Waals surface area contributed by atoms with Gasteiger partial charge < -0.3 is 24.7 Å². The molecule has 0 amide bonds. The van der Waals surface area contributed by atoms with Crippen LogP contribution in [0.4, 0.5) is 17.5 Å². The average molecular weight is 352 g/mol. The fraction of sp³-hybridized carbons (Fsp3) is 0.278. The van der Waals surface area contributed by atoms with Crippen LogP contribution in [0.5, 0.6) is 11.5 Å². The lowest BCUT2D eigenvalue weighted by molar-refractivity contribution is 0.289. The monoisotopic (exact) mass is 352 g/mol. The first-order valence-corrected chi connectivity index (χ1v) is 8.35. The van der Waals surface area contributed by atoms with E-state index < -0.39 is 0 Å². The quantitative estimate of drug-likeness (QED) is 0.746. The SMILES string of the molecule is COc1cc(Nc2ncc3c(n2)NC(C)CO3)ccc1-n1cnc(C)c1. The molecule has 26 heavy (non-hydrogen) atoms. The van der Waals surface area contributed by atoms with Crippen LogP contribution in [0.15, 0.2) is 36.9 Å². The van der Waals surface area contributed by atoms with E-state index in [2.05, 4.69) is 25.6 Å². The van der Waals surface area contributed by atoms with Gasteiger partial charge in [0.05, 0.1) is 37.1 Å². The molecule has 2 aromatic heterocycles. The topological polar surface area (TPSA) is 86.1 Å². The molecular weight excluding hydrogens is 332 g/mol. The third kappa shape index (κ3) is 3.13. The summed E-state index contributed by atoms with van der Waals surface area (Å²) in [5.41, 5.74) is 2.68. The summed E-state index contributed by atoms with van der Waals surface area (Å²) in [6.07, 6.45) is 5.38. The minimum atomic E-state index is 0.211. The summed E-state index contributed by atoms with van der Waals surface area (Å²) >= 11 is 0. The lowest BCUT2D eigenvalue weighted by Crippen LogP contribution is -2.29. The predicted molar refractivity (Wildman–Crippen MR) is 98.7 cm³/mol. The van der Waals surface area contributed by atoms with E-state index >= 15 is 0 Å². The maximum Gasteiger partial charge on any atom is 0.229 e. The van der Waals surface area contributed by atoms with Gasteiger partial charge in [0.1, 0.15) is 12.4 Å². The number of aromatic nitrogens is 4. The van der Waals surface area contributed by atoms with Crippen LogP contribution in [0.2, 0.25) is 0 Å². The van der Waals surface area contributed by atoms with Crippen molar-refractivity contribution in [2.45, 2.75) is 19.9 Å². The van der Waals surface area contributed by atoms with Crippen molar-refractivity contribution in [3.63, 3.8) is 0 Å². The maximum atomic E-state index is 5.60. The van der Waals surface area contributed by atoms with E-state index in [0.29, 0.717) is 24.1 Å². The number of fused-ring (bicyclic) bond motifs is 1. The third-order valence-corrected chi connectivity index (χ3v) is 4.05. The molecule has 0 radical (unpaired) electrons. The van der Waals surface area contributed by atoms with E-state index in [1.165, 1.54) is 0 Å². The predicted octanol–water partition coefficient (Wildman–Crippen LogP) is 2.92. The molecule has 4 rings (SSSR count). The van der Waals surface area contributed by atoms with Crippen molar-refractivity contribution in [2.24, 2.45) is 0 Å². The van der Waals surface area contributed by atoms with Crippen LogP contribution in [0.3, 0.4) is 0 Å². The standard InChI is InChI=1S/C18H20N6O2/c1-11-8-24(10-20-11)14-5-4-13(6-15(14)25-3)22-18-19-7-16-17(23-18)21-12(2)9-26-16/h4-8,10,12H,9H2,1-3H3,(H2,19,21,22,23). The summed E-state index contributed by atoms with van der Waals surface area (Å²) in [5, 5.41) is 6.50. The average Bonchev–Trinajstić information content (AvgIpc) is 3.07. The van der Waals surface area contributed by atoms with E-state index in [1.807, 2.05) is 42.8 Å². The van der Waals surface area contributed by atoms with Crippen molar-refractivity contribution in [1.82, 2.24) is 19.5 Å². The highest BCUT2D eigenvalue weighted by Crippen LogP contribution is 2.30. The zero-order valence-corrected chi connectivity index (χ0v) is 14.9. The van der Waals surface area contributed by atoms with Gasteiger partial charge in [-0.15, -0.1) is 0 Å². The molecule has 3 heterocycles. The Bertz CT molecular complexity index is 939. The first-order chi connectivity index (χ1) is 12.6. The highest BCUT2D eigenvalue weighted by atomic mass is 16.5. The number of benzene rings is 1. The molecule has 0 saturated heterocycles. The number of rotatable bonds is 4. The number of hydrogen-bond donors (Lipinski definition) is 2. The van der Waals surface area contributed by atoms with Gasteiger partial charge in [0.25, 0.3) is 0 Å². The lowest BCUT2D eigenvalue weighted by Gasteiger charge is -2.23. The van der Waals surface area contributed by atoms with Gasteiger partial charge in [0.15, 0.2) is 11.6 Å². The van der Waals surface area contributed by atoms with Crippen molar-refractivity contribution >= 4 is 17.5 Å². The molecule has 0 spiro atoms. The van der Waals surface area contributed by atoms with Crippen molar-refractivity contribution in [1.29, 1.82) is 0 Å². The molecule has 1 aliphatic heterocycles. The third-order valence-electron chi connectivity index (χ3n) is 4.05. The Labute approximate surface area is 151 Å². The minimum absolute atomic E-state index is 0.211. The van der Waals surface area contributed by atoms with Gasteiger partial charge >= 0.3 is 0 Å². The lowest BCUT2D eigenvalue weighted by atomic mass is 10.2. The molecule has 2 N–H and O–H groups in total. The van der Waals surface area contributed by atoms with Crippen molar-refractivity contribution in [3.05, 3.63) is 42.6 Å². The molecule has 0 fully saturated rings. The van der Waals surface area contributed by atoms with E-state index in [9.17, 15) is 0 Å². The normalized spacial score (nSPS) is 15.6. The molecule has 8 heteroatoms. The van der Waals surface area contributed by atoms with E-state index in [0.717, 1.165) is 22.8 Å². The minimum Gasteiger partial charge on any atom is -0.494 e. The second-order valence-corrected chi connectivity index (χ2v) is 6.20. The summed E-state index contributed by atoms with van der Waals surface area (Å²) in [5.74, 6) is 2.57. The molecule has 0 aliphatic carbocycles. The van der Waals surface area contributed by atoms with Crippen LogP contribution in [-0.2, 0) is 0 Å². The van der Waals surface area contributed by atoms with Crippen molar-refractivity contribution in [2.75, 3.05) is 24.4 Å². The number of nitrogens with zero attached hydrogens (tertiary/aromatic N) is 4. The van der Waals surface area contributed by atoms with Gasteiger partial charge in [-0.25, -0.2) is 9.97 Å². The van der Waals surface area contributed by atoms with E-state index in [4.69, 9.17) is 9.47 Å². The number of anilines is 3. The first-order valence-electron chi connectivity index (χ1n) is 8.35. The van der Waals surface area contributed by atoms with Gasteiger partial charge in [0.2, 0.25) is 5.95 Å². The van der Waals surface area contributed by atoms with Crippen LogP contribution in [0.25, 0.3) is 5.69 Å². The highest BCUT2D eigenvalue weighted by molar-refractivity contribution is 5.63. The largest absolute Gasteiger partial charge is 0.494 e. The molecule has 134 valence electrons. The number of imidazole rings is 1. The molecule has 0 bridgehead atoms. The van der Waals surface area contributed by atoms with Crippen molar-refractivity contribution in [3.8, 4) is 17.2 Å². The molecule has 1 unspecified atom stereocenters. The van der Waals surface area contributed by atoms with Crippen LogP contribution >= 0.6 is 0 Å². The molecule has 1 aromatic carbocycles. The summed E-state index contributed by atoms with van der Waals surface area (Å²) in [6, 6.07) is 6.02. The van der Waals surface area contributed by atoms with Crippen LogP contribution < -0.4 is 20.1 Å². The number of ether oxygens (including phenoxy) is 2. The molecular formula is C18H20N6O2. The molecule has 1 aliphatic rings.